The predicted octanol–water partition coefficient (Wildman–Crippen LogP) is 2.00. The molecule has 18 heavy (non-hydrogen) atoms. The molecule has 0 N–H and O–H groups in total. The number of methoxy groups -OCH3 is 1. The first-order valence-corrected chi connectivity index (χ1v) is 6.05. The Hall–Kier alpha value is -1.84. The lowest BCUT2D eigenvalue weighted by molar-refractivity contribution is -0.146. The van der Waals surface area contributed by atoms with E-state index < -0.39 is 11.9 Å². The molecule has 1 aliphatic rings. The zero-order chi connectivity index (χ0) is 13.1. The van der Waals surface area contributed by atoms with Crippen LogP contribution in [-0.4, -0.2) is 25.5 Å². The van der Waals surface area contributed by atoms with Gasteiger partial charge in [-0.25, -0.2) is 0 Å². The van der Waals surface area contributed by atoms with E-state index in [1.165, 1.54) is 7.11 Å². The van der Waals surface area contributed by atoms with Crippen LogP contribution in [0.25, 0.3) is 0 Å². The molecule has 0 heterocycles. The molecule has 4 heteroatoms. The average Bonchev–Trinajstić information content (AvgIpc) is 2.38. The van der Waals surface area contributed by atoms with Gasteiger partial charge in [0.25, 0.3) is 0 Å². The van der Waals surface area contributed by atoms with Crippen LogP contribution in [0.3, 0.4) is 0 Å². The number of ether oxygens (including phenoxy) is 2. The number of esters is 1. The van der Waals surface area contributed by atoms with E-state index in [2.05, 4.69) is 0 Å². The molecule has 0 fully saturated rings. The minimum Gasteiger partial charge on any atom is -0.496 e. The molecule has 96 valence electrons. The van der Waals surface area contributed by atoms with Crippen molar-refractivity contribution in [2.24, 2.45) is 5.92 Å². The monoisotopic (exact) mass is 248 g/mol. The summed E-state index contributed by atoms with van der Waals surface area (Å²) in [5, 5.41) is 0. The van der Waals surface area contributed by atoms with Crippen LogP contribution >= 0.6 is 0 Å². The lowest BCUT2D eigenvalue weighted by Crippen LogP contribution is -2.31. The molecular formula is C14H16O4. The number of hydrogen-bond donors (Lipinski definition) is 0. The van der Waals surface area contributed by atoms with Crippen LogP contribution in [0.4, 0.5) is 0 Å². The molecule has 1 atom stereocenters. The lowest BCUT2D eigenvalue weighted by atomic mass is 9.82. The van der Waals surface area contributed by atoms with Gasteiger partial charge in [-0.15, -0.1) is 0 Å². The van der Waals surface area contributed by atoms with Gasteiger partial charge in [-0.05, 0) is 31.4 Å². The SMILES string of the molecule is CCOC(=O)C1CCc2cccc(OC)c2C1=O. The summed E-state index contributed by atoms with van der Waals surface area (Å²) in [6.07, 6.45) is 1.21. The van der Waals surface area contributed by atoms with Gasteiger partial charge < -0.3 is 9.47 Å². The van der Waals surface area contributed by atoms with E-state index in [1.54, 1.807) is 13.0 Å². The first kappa shape index (κ1) is 12.6. The lowest BCUT2D eigenvalue weighted by Gasteiger charge is -2.23. The Bertz CT molecular complexity index is 464. The predicted molar refractivity (Wildman–Crippen MR) is 65.8 cm³/mol. The Kier molecular flexibility index (Phi) is 3.65. The van der Waals surface area contributed by atoms with E-state index in [9.17, 15) is 9.59 Å². The zero-order valence-electron chi connectivity index (χ0n) is 10.6. The van der Waals surface area contributed by atoms with Gasteiger partial charge in [0.15, 0.2) is 5.78 Å². The zero-order valence-corrected chi connectivity index (χ0v) is 10.6. The van der Waals surface area contributed by atoms with Crippen LogP contribution < -0.4 is 4.74 Å². The number of aryl methyl sites for hydroxylation is 1. The fraction of sp³-hybridized carbons (Fsp3) is 0.429. The number of ketones is 1. The summed E-state index contributed by atoms with van der Waals surface area (Å²) < 4.78 is 10.1. The number of benzene rings is 1. The van der Waals surface area contributed by atoms with Crippen molar-refractivity contribution in [1.82, 2.24) is 0 Å². The number of fused-ring (bicyclic) bond motifs is 1. The highest BCUT2D eigenvalue weighted by atomic mass is 16.5. The van der Waals surface area contributed by atoms with Crippen molar-refractivity contribution in [3.63, 3.8) is 0 Å². The molecule has 0 bridgehead atoms. The van der Waals surface area contributed by atoms with Crippen molar-refractivity contribution in [3.05, 3.63) is 29.3 Å². The molecule has 1 aliphatic carbocycles. The van der Waals surface area contributed by atoms with E-state index in [1.807, 2.05) is 12.1 Å². The minimum absolute atomic E-state index is 0.188. The third-order valence-corrected chi connectivity index (χ3v) is 3.17. The van der Waals surface area contributed by atoms with Gasteiger partial charge in [0.2, 0.25) is 0 Å². The molecule has 1 aromatic carbocycles. The molecule has 1 unspecified atom stereocenters. The number of hydrogen-bond acceptors (Lipinski definition) is 4. The van der Waals surface area contributed by atoms with E-state index in [0.29, 0.717) is 30.8 Å². The topological polar surface area (TPSA) is 52.6 Å². The molecular weight excluding hydrogens is 232 g/mol. The first-order valence-electron chi connectivity index (χ1n) is 6.05. The van der Waals surface area contributed by atoms with Gasteiger partial charge in [0.05, 0.1) is 19.3 Å². The summed E-state index contributed by atoms with van der Waals surface area (Å²) in [5.41, 5.74) is 1.48. The van der Waals surface area contributed by atoms with Gasteiger partial charge >= 0.3 is 5.97 Å². The molecule has 0 radical (unpaired) electrons. The highest BCUT2D eigenvalue weighted by molar-refractivity contribution is 6.11. The summed E-state index contributed by atoms with van der Waals surface area (Å²) in [6.45, 7) is 2.03. The number of Topliss-reactive ketones (excluding diaryl/α,β-unsaturated/α-hetero) is 1. The molecule has 0 saturated carbocycles. The number of carbonyl (C=O) groups excluding carboxylic acids is 2. The summed E-state index contributed by atoms with van der Waals surface area (Å²) in [4.78, 5) is 24.1. The molecule has 0 saturated heterocycles. The van der Waals surface area contributed by atoms with Gasteiger partial charge in [0.1, 0.15) is 11.7 Å². The van der Waals surface area contributed by atoms with Crippen molar-refractivity contribution in [2.75, 3.05) is 13.7 Å². The second-order valence-corrected chi connectivity index (χ2v) is 4.20. The van der Waals surface area contributed by atoms with Crippen molar-refractivity contribution in [2.45, 2.75) is 19.8 Å². The molecule has 4 nitrogen and oxygen atoms in total. The van der Waals surface area contributed by atoms with Crippen LogP contribution in [0, 0.1) is 5.92 Å². The summed E-state index contributed by atoms with van der Waals surface area (Å²) in [6, 6.07) is 5.50. The van der Waals surface area contributed by atoms with Crippen LogP contribution in [0.15, 0.2) is 18.2 Å². The Morgan fingerprint density at radius 3 is 2.89 bits per heavy atom. The normalized spacial score (nSPS) is 18.1. The van der Waals surface area contributed by atoms with Crippen molar-refractivity contribution >= 4 is 11.8 Å². The van der Waals surface area contributed by atoms with Gasteiger partial charge in [0, 0.05) is 0 Å². The highest BCUT2D eigenvalue weighted by Crippen LogP contribution is 2.32. The van der Waals surface area contributed by atoms with E-state index in [-0.39, 0.29) is 5.78 Å². The second kappa shape index (κ2) is 5.21. The largest absolute Gasteiger partial charge is 0.496 e. The highest BCUT2D eigenvalue weighted by Gasteiger charge is 2.35. The van der Waals surface area contributed by atoms with E-state index >= 15 is 0 Å². The molecule has 0 aliphatic heterocycles. The maximum atomic E-state index is 12.3. The van der Waals surface area contributed by atoms with Crippen LogP contribution in [0.2, 0.25) is 0 Å². The maximum absolute atomic E-state index is 12.3. The summed E-state index contributed by atoms with van der Waals surface area (Å²) in [7, 11) is 1.52. The Labute approximate surface area is 106 Å². The molecule has 2 rings (SSSR count). The van der Waals surface area contributed by atoms with Crippen LogP contribution in [0.1, 0.15) is 29.3 Å². The van der Waals surface area contributed by atoms with Crippen LogP contribution in [0.5, 0.6) is 5.75 Å². The third-order valence-electron chi connectivity index (χ3n) is 3.17. The van der Waals surface area contributed by atoms with Gasteiger partial charge in [-0.1, -0.05) is 12.1 Å². The number of carbonyl (C=O) groups is 2. The Balaban J connectivity index is 2.35. The average molecular weight is 248 g/mol. The Morgan fingerprint density at radius 1 is 1.44 bits per heavy atom. The third kappa shape index (κ3) is 2.10. The molecule has 0 spiro atoms. The second-order valence-electron chi connectivity index (χ2n) is 4.20. The smallest absolute Gasteiger partial charge is 0.316 e. The summed E-state index contributed by atoms with van der Waals surface area (Å²) >= 11 is 0. The van der Waals surface area contributed by atoms with Gasteiger partial charge in [-0.3, -0.25) is 9.59 Å². The molecule has 0 aromatic heterocycles. The van der Waals surface area contributed by atoms with Crippen LogP contribution in [-0.2, 0) is 16.0 Å². The number of rotatable bonds is 3. The Morgan fingerprint density at radius 2 is 2.22 bits per heavy atom. The van der Waals surface area contributed by atoms with Crippen molar-refractivity contribution < 1.29 is 19.1 Å². The van der Waals surface area contributed by atoms with Crippen molar-refractivity contribution in [1.29, 1.82) is 0 Å². The standard InChI is InChI=1S/C14H16O4/c1-3-18-14(16)10-8-7-9-5-4-6-11(17-2)12(9)13(10)15/h4-6,10H,3,7-8H2,1-2H3. The van der Waals surface area contributed by atoms with E-state index in [0.717, 1.165) is 5.56 Å². The molecule has 0 amide bonds. The van der Waals surface area contributed by atoms with Gasteiger partial charge in [-0.2, -0.15) is 0 Å². The summed E-state index contributed by atoms with van der Waals surface area (Å²) in [5.74, 6) is -0.772. The first-order chi connectivity index (χ1) is 8.69. The van der Waals surface area contributed by atoms with Crippen molar-refractivity contribution in [3.8, 4) is 5.75 Å². The fourth-order valence-corrected chi connectivity index (χ4v) is 2.31. The quantitative estimate of drug-likeness (QED) is 0.606. The fourth-order valence-electron chi connectivity index (χ4n) is 2.31. The van der Waals surface area contributed by atoms with E-state index in [4.69, 9.17) is 9.47 Å². The minimum atomic E-state index is -0.686. The molecule has 1 aromatic rings. The maximum Gasteiger partial charge on any atom is 0.316 e.